The summed E-state index contributed by atoms with van der Waals surface area (Å²) in [7, 11) is 0. The van der Waals surface area contributed by atoms with Crippen LogP contribution in [0.25, 0.3) is 11.4 Å². The quantitative estimate of drug-likeness (QED) is 0.688. The van der Waals surface area contributed by atoms with Gasteiger partial charge in [0.1, 0.15) is 0 Å². The topological polar surface area (TPSA) is 41.6 Å². The predicted octanol–water partition coefficient (Wildman–Crippen LogP) is 3.90. The van der Waals surface area contributed by atoms with Crippen LogP contribution in [0.5, 0.6) is 0 Å². The molecule has 0 saturated carbocycles. The van der Waals surface area contributed by atoms with E-state index in [1.54, 1.807) is 11.8 Å². The van der Waals surface area contributed by atoms with E-state index >= 15 is 0 Å². The molecule has 3 nitrogen and oxygen atoms in total. The zero-order valence-electron chi connectivity index (χ0n) is 9.40. The second-order valence-electron chi connectivity index (χ2n) is 3.69. The molecule has 5 heteroatoms. The molecule has 1 aromatic carbocycles. The maximum atomic E-state index is 4.44. The molecule has 0 amide bonds. The van der Waals surface area contributed by atoms with Crippen molar-refractivity contribution < 1.29 is 0 Å². The van der Waals surface area contributed by atoms with Crippen molar-refractivity contribution in [1.82, 2.24) is 15.2 Å². The minimum absolute atomic E-state index is 0.749. The lowest BCUT2D eigenvalue weighted by Gasteiger charge is -1.98. The van der Waals surface area contributed by atoms with Gasteiger partial charge in [-0.25, -0.2) is 4.98 Å². The molecule has 2 aromatic rings. The first-order chi connectivity index (χ1) is 8.16. The molecule has 0 fully saturated rings. The summed E-state index contributed by atoms with van der Waals surface area (Å²) in [5, 5.41) is 7.86. The van der Waals surface area contributed by atoms with E-state index in [-0.39, 0.29) is 0 Å². The number of hydrogen-bond donors (Lipinski definition) is 1. The summed E-state index contributed by atoms with van der Waals surface area (Å²) in [5.41, 5.74) is 2.13. The molecule has 17 heavy (non-hydrogen) atoms. The van der Waals surface area contributed by atoms with Crippen LogP contribution in [0.2, 0.25) is 0 Å². The summed E-state index contributed by atoms with van der Waals surface area (Å²) in [6.45, 7) is 5.85. The summed E-state index contributed by atoms with van der Waals surface area (Å²) in [6, 6.07) is 7.93. The van der Waals surface area contributed by atoms with Crippen molar-refractivity contribution in [3.05, 3.63) is 40.9 Å². The van der Waals surface area contributed by atoms with E-state index in [4.69, 9.17) is 0 Å². The number of aromatic nitrogens is 3. The predicted molar refractivity (Wildman–Crippen MR) is 75.1 cm³/mol. The molecule has 0 unspecified atom stereocenters. The molecule has 0 saturated heterocycles. The summed E-state index contributed by atoms with van der Waals surface area (Å²) in [4.78, 5) is 4.44. The van der Waals surface area contributed by atoms with Gasteiger partial charge < -0.3 is 0 Å². The Labute approximate surface area is 113 Å². The maximum absolute atomic E-state index is 4.44. The highest BCUT2D eigenvalue weighted by molar-refractivity contribution is 9.10. The van der Waals surface area contributed by atoms with E-state index in [0.717, 1.165) is 32.3 Å². The van der Waals surface area contributed by atoms with E-state index in [0.29, 0.717) is 0 Å². The Morgan fingerprint density at radius 1 is 1.47 bits per heavy atom. The van der Waals surface area contributed by atoms with Crippen molar-refractivity contribution in [1.29, 1.82) is 0 Å². The van der Waals surface area contributed by atoms with Crippen LogP contribution >= 0.6 is 27.7 Å². The fourth-order valence-electron chi connectivity index (χ4n) is 1.27. The normalized spacial score (nSPS) is 10.5. The Morgan fingerprint density at radius 3 is 2.94 bits per heavy atom. The van der Waals surface area contributed by atoms with Crippen LogP contribution in [0.1, 0.15) is 6.92 Å². The molecule has 0 spiro atoms. The second-order valence-corrected chi connectivity index (χ2v) is 5.49. The third kappa shape index (κ3) is 3.20. The largest absolute Gasteiger partial charge is 0.258 e. The van der Waals surface area contributed by atoms with Crippen LogP contribution in [0.3, 0.4) is 0 Å². The number of nitrogens with zero attached hydrogens (tertiary/aromatic N) is 2. The highest BCUT2D eigenvalue weighted by atomic mass is 79.9. The average molecular weight is 310 g/mol. The molecule has 0 bridgehead atoms. The van der Waals surface area contributed by atoms with Gasteiger partial charge in [-0.2, -0.15) is 0 Å². The van der Waals surface area contributed by atoms with Crippen molar-refractivity contribution in [2.75, 3.05) is 5.75 Å². The molecule has 2 rings (SSSR count). The number of aromatic amines is 1. The minimum Gasteiger partial charge on any atom is -0.258 e. The first kappa shape index (κ1) is 12.4. The molecule has 1 N–H and O–H groups in total. The SMILES string of the molecule is C=C(C)CSc1n[nH]c(-c2ccccc2Br)n1. The van der Waals surface area contributed by atoms with E-state index in [1.807, 2.05) is 31.2 Å². The Morgan fingerprint density at radius 2 is 2.24 bits per heavy atom. The highest BCUT2D eigenvalue weighted by Crippen LogP contribution is 2.26. The minimum atomic E-state index is 0.749. The lowest BCUT2D eigenvalue weighted by Crippen LogP contribution is -1.82. The lowest BCUT2D eigenvalue weighted by atomic mass is 10.2. The van der Waals surface area contributed by atoms with Crippen molar-refractivity contribution in [2.45, 2.75) is 12.1 Å². The maximum Gasteiger partial charge on any atom is 0.209 e. The number of benzene rings is 1. The van der Waals surface area contributed by atoms with Crippen molar-refractivity contribution in [2.24, 2.45) is 0 Å². The van der Waals surface area contributed by atoms with Crippen LogP contribution < -0.4 is 0 Å². The van der Waals surface area contributed by atoms with Crippen LogP contribution in [0.4, 0.5) is 0 Å². The molecule has 1 heterocycles. The average Bonchev–Trinajstić information content (AvgIpc) is 2.75. The van der Waals surface area contributed by atoms with Gasteiger partial charge in [-0.3, -0.25) is 5.10 Å². The van der Waals surface area contributed by atoms with Gasteiger partial charge in [-0.15, -0.1) is 5.10 Å². The fraction of sp³-hybridized carbons (Fsp3) is 0.167. The summed E-state index contributed by atoms with van der Waals surface area (Å²) in [6.07, 6.45) is 0. The van der Waals surface area contributed by atoms with E-state index < -0.39 is 0 Å². The molecular weight excluding hydrogens is 298 g/mol. The molecule has 0 radical (unpaired) electrons. The first-order valence-electron chi connectivity index (χ1n) is 5.11. The zero-order valence-corrected chi connectivity index (χ0v) is 11.8. The Balaban J connectivity index is 2.18. The number of hydrogen-bond acceptors (Lipinski definition) is 3. The lowest BCUT2D eigenvalue weighted by molar-refractivity contribution is 0.974. The first-order valence-corrected chi connectivity index (χ1v) is 6.89. The van der Waals surface area contributed by atoms with Gasteiger partial charge in [0.2, 0.25) is 5.16 Å². The van der Waals surface area contributed by atoms with Crippen molar-refractivity contribution in [3.8, 4) is 11.4 Å². The van der Waals surface area contributed by atoms with E-state index in [1.165, 1.54) is 0 Å². The Bertz CT molecular complexity index is 536. The number of halogens is 1. The van der Waals surface area contributed by atoms with Crippen LogP contribution in [0, 0.1) is 0 Å². The van der Waals surface area contributed by atoms with E-state index in [2.05, 4.69) is 37.7 Å². The van der Waals surface area contributed by atoms with Gasteiger partial charge >= 0.3 is 0 Å². The van der Waals surface area contributed by atoms with Gasteiger partial charge in [0, 0.05) is 15.8 Å². The standard InChI is InChI=1S/C12H12BrN3S/c1-8(2)7-17-12-14-11(15-16-12)9-5-3-4-6-10(9)13/h3-6H,1,7H2,2H3,(H,14,15,16). The summed E-state index contributed by atoms with van der Waals surface area (Å²) >= 11 is 5.08. The summed E-state index contributed by atoms with van der Waals surface area (Å²) in [5.74, 6) is 1.62. The van der Waals surface area contributed by atoms with Crippen LogP contribution in [-0.4, -0.2) is 20.9 Å². The van der Waals surface area contributed by atoms with Gasteiger partial charge in [0.05, 0.1) is 0 Å². The Kier molecular flexibility index (Phi) is 4.02. The van der Waals surface area contributed by atoms with Crippen molar-refractivity contribution >= 4 is 27.7 Å². The van der Waals surface area contributed by atoms with Gasteiger partial charge in [-0.1, -0.05) is 58.0 Å². The molecule has 0 aliphatic carbocycles. The zero-order chi connectivity index (χ0) is 12.3. The molecule has 88 valence electrons. The Hall–Kier alpha value is -1.07. The van der Waals surface area contributed by atoms with Gasteiger partial charge in [0.15, 0.2) is 5.82 Å². The monoisotopic (exact) mass is 309 g/mol. The molecule has 0 aliphatic rings. The second kappa shape index (κ2) is 5.51. The molecule has 0 atom stereocenters. The van der Waals surface area contributed by atoms with Crippen molar-refractivity contribution in [3.63, 3.8) is 0 Å². The molecular formula is C12H12BrN3S. The fourth-order valence-corrected chi connectivity index (χ4v) is 2.39. The third-order valence-corrected chi connectivity index (χ3v) is 3.81. The highest BCUT2D eigenvalue weighted by Gasteiger charge is 2.08. The number of thioether (sulfide) groups is 1. The van der Waals surface area contributed by atoms with E-state index in [9.17, 15) is 0 Å². The molecule has 1 aromatic heterocycles. The van der Waals surface area contributed by atoms with Crippen LogP contribution in [-0.2, 0) is 0 Å². The van der Waals surface area contributed by atoms with Gasteiger partial charge in [0.25, 0.3) is 0 Å². The number of rotatable bonds is 4. The number of nitrogens with one attached hydrogen (secondary N) is 1. The smallest absolute Gasteiger partial charge is 0.209 e. The van der Waals surface area contributed by atoms with Crippen LogP contribution in [0.15, 0.2) is 46.0 Å². The molecule has 0 aliphatic heterocycles. The third-order valence-electron chi connectivity index (χ3n) is 2.04. The van der Waals surface area contributed by atoms with Gasteiger partial charge in [-0.05, 0) is 13.0 Å². The number of H-pyrrole nitrogens is 1. The summed E-state index contributed by atoms with van der Waals surface area (Å²) < 4.78 is 1.01.